The Morgan fingerprint density at radius 1 is 1.18 bits per heavy atom. The van der Waals surface area contributed by atoms with Crippen LogP contribution >= 0.6 is 15.9 Å². The molecule has 0 bridgehead atoms. The minimum Gasteiger partial charge on any atom is -0.491 e. The van der Waals surface area contributed by atoms with Crippen molar-refractivity contribution in [3.05, 3.63) is 58.1 Å². The third-order valence-electron chi connectivity index (χ3n) is 4.51. The summed E-state index contributed by atoms with van der Waals surface area (Å²) >= 11 is 3.35. The lowest BCUT2D eigenvalue weighted by Gasteiger charge is -2.20. The average molecular weight is 471 g/mol. The molecule has 1 fully saturated rings. The molecule has 8 heteroatoms. The van der Waals surface area contributed by atoms with Crippen molar-refractivity contribution in [3.63, 3.8) is 0 Å². The van der Waals surface area contributed by atoms with Crippen LogP contribution in [0.2, 0.25) is 0 Å². The van der Waals surface area contributed by atoms with Gasteiger partial charge in [0.15, 0.2) is 6.29 Å². The molecule has 0 spiro atoms. The fourth-order valence-electron chi connectivity index (χ4n) is 3.08. The largest absolute Gasteiger partial charge is 0.491 e. The Bertz CT molecular complexity index is 913. The Morgan fingerprint density at radius 2 is 1.89 bits per heavy atom. The molecular formula is C20H23BrO6S. The molecule has 28 heavy (non-hydrogen) atoms. The highest BCUT2D eigenvalue weighted by atomic mass is 79.9. The van der Waals surface area contributed by atoms with Gasteiger partial charge in [-0.15, -0.1) is 0 Å². The van der Waals surface area contributed by atoms with E-state index < -0.39 is 28.6 Å². The van der Waals surface area contributed by atoms with E-state index in [1.807, 2.05) is 19.1 Å². The molecule has 0 amide bonds. The Labute approximate surface area is 173 Å². The number of aliphatic hydroxyl groups is 1. The van der Waals surface area contributed by atoms with Crippen LogP contribution in [-0.4, -0.2) is 38.6 Å². The average Bonchev–Trinajstić information content (AvgIpc) is 3.08. The molecule has 6 nitrogen and oxygen atoms in total. The Hall–Kier alpha value is -1.45. The van der Waals surface area contributed by atoms with Crippen LogP contribution in [0, 0.1) is 13.8 Å². The maximum Gasteiger partial charge on any atom is 0.299 e. The highest BCUT2D eigenvalue weighted by Crippen LogP contribution is 2.28. The summed E-state index contributed by atoms with van der Waals surface area (Å²) in [7, 11) is -3.94. The van der Waals surface area contributed by atoms with Crippen LogP contribution in [0.15, 0.2) is 51.8 Å². The molecule has 152 valence electrons. The first-order chi connectivity index (χ1) is 13.2. The van der Waals surface area contributed by atoms with Gasteiger partial charge < -0.3 is 14.6 Å². The van der Waals surface area contributed by atoms with Crippen molar-refractivity contribution >= 4 is 26.0 Å². The number of benzene rings is 2. The van der Waals surface area contributed by atoms with E-state index in [0.29, 0.717) is 24.2 Å². The van der Waals surface area contributed by atoms with Crippen LogP contribution in [0.5, 0.6) is 5.75 Å². The van der Waals surface area contributed by atoms with Crippen LogP contribution in [0.4, 0.5) is 0 Å². The monoisotopic (exact) mass is 470 g/mol. The van der Waals surface area contributed by atoms with E-state index in [9.17, 15) is 13.5 Å². The highest BCUT2D eigenvalue weighted by Gasteiger charge is 2.35. The molecule has 1 aliphatic rings. The Morgan fingerprint density at radius 3 is 2.57 bits per heavy atom. The summed E-state index contributed by atoms with van der Waals surface area (Å²) in [5.41, 5.74) is 1.60. The normalized spacial score (nSPS) is 20.9. The first-order valence-corrected chi connectivity index (χ1v) is 11.2. The first-order valence-electron chi connectivity index (χ1n) is 8.97. The van der Waals surface area contributed by atoms with Crippen molar-refractivity contribution in [2.45, 2.75) is 50.1 Å². The van der Waals surface area contributed by atoms with Crippen molar-refractivity contribution in [3.8, 4) is 5.75 Å². The van der Waals surface area contributed by atoms with E-state index in [0.717, 1.165) is 10.0 Å². The van der Waals surface area contributed by atoms with Crippen molar-refractivity contribution < 1.29 is 27.2 Å². The van der Waals surface area contributed by atoms with E-state index >= 15 is 0 Å². The molecule has 2 aromatic carbocycles. The Balaban J connectivity index is 1.54. The van der Waals surface area contributed by atoms with E-state index in [-0.39, 0.29) is 11.5 Å². The zero-order chi connectivity index (χ0) is 20.3. The van der Waals surface area contributed by atoms with Gasteiger partial charge in [0.2, 0.25) is 0 Å². The van der Waals surface area contributed by atoms with Crippen LogP contribution in [0.1, 0.15) is 24.0 Å². The van der Waals surface area contributed by atoms with Gasteiger partial charge in [0.1, 0.15) is 18.5 Å². The molecule has 3 unspecified atom stereocenters. The number of hydrogen-bond donors (Lipinski definition) is 1. The molecule has 0 aromatic heterocycles. The van der Waals surface area contributed by atoms with Gasteiger partial charge in [0.05, 0.1) is 11.0 Å². The van der Waals surface area contributed by atoms with Crippen LogP contribution < -0.4 is 4.74 Å². The van der Waals surface area contributed by atoms with E-state index in [1.54, 1.807) is 31.2 Å². The summed E-state index contributed by atoms with van der Waals surface area (Å²) in [5.74, 6) is 0.630. The summed E-state index contributed by atoms with van der Waals surface area (Å²) < 4.78 is 42.4. The van der Waals surface area contributed by atoms with E-state index in [2.05, 4.69) is 15.9 Å². The quantitative estimate of drug-likeness (QED) is 0.620. The second-order valence-corrected chi connectivity index (χ2v) is 9.29. The van der Waals surface area contributed by atoms with E-state index in [1.165, 1.54) is 6.07 Å². The standard InChI is InChI=1S/C20H23BrO6S/c1-13-3-9-19(14(2)11-13)28(23,24)27-20-10-8-18(26-20)17(22)12-25-16-6-4-15(21)5-7-16/h3-7,9,11,17-18,20,22H,8,10,12H2,1-2H3. The van der Waals surface area contributed by atoms with Crippen molar-refractivity contribution in [1.82, 2.24) is 0 Å². The minimum atomic E-state index is -3.94. The summed E-state index contributed by atoms with van der Waals surface area (Å²) in [6.45, 7) is 3.67. The molecule has 1 saturated heterocycles. The number of ether oxygens (including phenoxy) is 2. The highest BCUT2D eigenvalue weighted by molar-refractivity contribution is 9.10. The van der Waals surface area contributed by atoms with Crippen molar-refractivity contribution in [2.24, 2.45) is 0 Å². The molecule has 1 aliphatic heterocycles. The molecular weight excluding hydrogens is 448 g/mol. The van der Waals surface area contributed by atoms with Gasteiger partial charge in [-0.25, -0.2) is 4.18 Å². The SMILES string of the molecule is Cc1ccc(S(=O)(=O)OC2CCC(C(O)COc3ccc(Br)cc3)O2)c(C)c1. The zero-order valence-electron chi connectivity index (χ0n) is 15.7. The number of halogens is 1. The Kier molecular flexibility index (Phi) is 6.77. The predicted molar refractivity (Wildman–Crippen MR) is 108 cm³/mol. The van der Waals surface area contributed by atoms with Gasteiger partial charge in [-0.2, -0.15) is 8.42 Å². The van der Waals surface area contributed by atoms with Gasteiger partial charge in [-0.1, -0.05) is 33.6 Å². The minimum absolute atomic E-state index is 0.0445. The van der Waals surface area contributed by atoms with Crippen LogP contribution in [0.3, 0.4) is 0 Å². The fourth-order valence-corrected chi connectivity index (χ4v) is 4.56. The second kappa shape index (κ2) is 8.92. The zero-order valence-corrected chi connectivity index (χ0v) is 18.1. The number of rotatable bonds is 7. The van der Waals surface area contributed by atoms with Gasteiger partial charge in [-0.05, 0) is 56.2 Å². The lowest BCUT2D eigenvalue weighted by molar-refractivity contribution is -0.111. The number of aryl methyl sites for hydroxylation is 2. The number of aliphatic hydroxyl groups excluding tert-OH is 1. The van der Waals surface area contributed by atoms with Gasteiger partial charge in [0, 0.05) is 10.9 Å². The molecule has 0 saturated carbocycles. The molecule has 3 atom stereocenters. The third kappa shape index (κ3) is 5.33. The smallest absolute Gasteiger partial charge is 0.299 e. The molecule has 1 heterocycles. The summed E-state index contributed by atoms with van der Waals surface area (Å²) in [6, 6.07) is 12.3. The maximum absolute atomic E-state index is 12.5. The topological polar surface area (TPSA) is 82.1 Å². The second-order valence-electron chi connectivity index (χ2n) is 6.83. The van der Waals surface area contributed by atoms with Crippen LogP contribution in [0.25, 0.3) is 0 Å². The van der Waals surface area contributed by atoms with Crippen LogP contribution in [-0.2, 0) is 19.0 Å². The number of hydrogen-bond acceptors (Lipinski definition) is 6. The molecule has 0 radical (unpaired) electrons. The first kappa shape index (κ1) is 21.3. The van der Waals surface area contributed by atoms with E-state index in [4.69, 9.17) is 13.7 Å². The molecule has 0 aliphatic carbocycles. The predicted octanol–water partition coefficient (Wildman–Crippen LogP) is 3.72. The van der Waals surface area contributed by atoms with Gasteiger partial charge in [0.25, 0.3) is 10.1 Å². The lowest BCUT2D eigenvalue weighted by atomic mass is 10.1. The molecule has 2 aromatic rings. The fraction of sp³-hybridized carbons (Fsp3) is 0.400. The van der Waals surface area contributed by atoms with Gasteiger partial charge in [-0.3, -0.25) is 0 Å². The lowest BCUT2D eigenvalue weighted by Crippen LogP contribution is -2.32. The third-order valence-corrected chi connectivity index (χ3v) is 6.50. The van der Waals surface area contributed by atoms with Crippen molar-refractivity contribution in [2.75, 3.05) is 6.61 Å². The summed E-state index contributed by atoms with van der Waals surface area (Å²) in [4.78, 5) is 0.129. The molecule has 1 N–H and O–H groups in total. The van der Waals surface area contributed by atoms with Gasteiger partial charge >= 0.3 is 0 Å². The maximum atomic E-state index is 12.5. The molecule has 3 rings (SSSR count). The summed E-state index contributed by atoms with van der Waals surface area (Å²) in [5, 5.41) is 10.3. The summed E-state index contributed by atoms with van der Waals surface area (Å²) in [6.07, 6.45) is -1.49. The van der Waals surface area contributed by atoms with Crippen molar-refractivity contribution in [1.29, 1.82) is 0 Å².